The lowest BCUT2D eigenvalue weighted by atomic mass is 10.2. The van der Waals surface area contributed by atoms with E-state index in [9.17, 15) is 13.2 Å². The molecule has 0 aliphatic rings. The summed E-state index contributed by atoms with van der Waals surface area (Å²) in [6, 6.07) is 8.78. The molecule has 1 aromatic heterocycles. The topological polar surface area (TPSA) is 79.4 Å². The quantitative estimate of drug-likeness (QED) is 0.802. The van der Waals surface area contributed by atoms with Gasteiger partial charge in [0.25, 0.3) is 0 Å². The minimum atomic E-state index is -3.73. The molecule has 0 bridgehead atoms. The van der Waals surface area contributed by atoms with E-state index < -0.39 is 15.9 Å². The van der Waals surface area contributed by atoms with Gasteiger partial charge in [-0.1, -0.05) is 30.3 Å². The van der Waals surface area contributed by atoms with Gasteiger partial charge in [0.15, 0.2) is 5.13 Å². The highest BCUT2D eigenvalue weighted by Crippen LogP contribution is 2.17. The molecule has 6 nitrogen and oxygen atoms in total. The number of nitrogens with one attached hydrogen (secondary N) is 1. The first-order valence-electron chi connectivity index (χ1n) is 7.75. The molecule has 0 saturated carbocycles. The summed E-state index contributed by atoms with van der Waals surface area (Å²) in [6.45, 7) is 5.08. The van der Waals surface area contributed by atoms with E-state index in [1.165, 1.54) is 17.4 Å². The molecule has 1 aromatic carbocycles. The van der Waals surface area contributed by atoms with Gasteiger partial charge in [0.2, 0.25) is 15.9 Å². The van der Waals surface area contributed by atoms with Crippen LogP contribution >= 0.6 is 11.3 Å². The van der Waals surface area contributed by atoms with Crippen LogP contribution < -0.4 is 5.32 Å². The van der Waals surface area contributed by atoms with Gasteiger partial charge in [-0.25, -0.2) is 13.4 Å². The van der Waals surface area contributed by atoms with Gasteiger partial charge < -0.3 is 5.32 Å². The number of thiazole rings is 1. The SMILES string of the molecule is Cc1cnc(NC(=O)CN(C(C)C)S(=O)(=O)/C=C/c2ccccc2)s1. The molecular formula is C17H21N3O3S2. The first-order valence-corrected chi connectivity index (χ1v) is 10.1. The Hall–Kier alpha value is -2.03. The summed E-state index contributed by atoms with van der Waals surface area (Å²) in [6.07, 6.45) is 3.17. The summed E-state index contributed by atoms with van der Waals surface area (Å²) < 4.78 is 26.3. The Morgan fingerprint density at radius 1 is 1.32 bits per heavy atom. The maximum absolute atomic E-state index is 12.6. The lowest BCUT2D eigenvalue weighted by Gasteiger charge is -2.23. The molecule has 0 aliphatic carbocycles. The Kier molecular flexibility index (Phi) is 6.46. The molecular weight excluding hydrogens is 358 g/mol. The zero-order chi connectivity index (χ0) is 18.4. The van der Waals surface area contributed by atoms with Gasteiger partial charge >= 0.3 is 0 Å². The van der Waals surface area contributed by atoms with Crippen molar-refractivity contribution in [3.63, 3.8) is 0 Å². The van der Waals surface area contributed by atoms with Crippen molar-refractivity contribution in [2.24, 2.45) is 0 Å². The molecule has 25 heavy (non-hydrogen) atoms. The molecule has 1 amide bonds. The second kappa shape index (κ2) is 8.37. The number of anilines is 1. The lowest BCUT2D eigenvalue weighted by molar-refractivity contribution is -0.116. The van der Waals surface area contributed by atoms with Crippen LogP contribution in [0.15, 0.2) is 41.9 Å². The molecule has 0 atom stereocenters. The summed E-state index contributed by atoms with van der Waals surface area (Å²) >= 11 is 1.34. The lowest BCUT2D eigenvalue weighted by Crippen LogP contribution is -2.41. The van der Waals surface area contributed by atoms with Crippen molar-refractivity contribution in [3.8, 4) is 0 Å². The number of amides is 1. The Balaban J connectivity index is 2.10. The summed E-state index contributed by atoms with van der Waals surface area (Å²) in [5.41, 5.74) is 0.775. The van der Waals surface area contributed by atoms with E-state index in [4.69, 9.17) is 0 Å². The van der Waals surface area contributed by atoms with Crippen molar-refractivity contribution in [1.29, 1.82) is 0 Å². The van der Waals surface area contributed by atoms with Crippen molar-refractivity contribution >= 4 is 38.5 Å². The van der Waals surface area contributed by atoms with E-state index >= 15 is 0 Å². The molecule has 0 fully saturated rings. The van der Waals surface area contributed by atoms with Crippen LogP contribution in [0.25, 0.3) is 6.08 Å². The number of benzene rings is 1. The maximum Gasteiger partial charge on any atom is 0.241 e. The Labute approximate surface area is 152 Å². The normalized spacial score (nSPS) is 12.2. The van der Waals surface area contributed by atoms with Crippen molar-refractivity contribution in [1.82, 2.24) is 9.29 Å². The predicted octanol–water partition coefficient (Wildman–Crippen LogP) is 3.10. The van der Waals surface area contributed by atoms with Gasteiger partial charge in [-0.15, -0.1) is 11.3 Å². The minimum Gasteiger partial charge on any atom is -0.301 e. The fraction of sp³-hybridized carbons (Fsp3) is 0.294. The largest absolute Gasteiger partial charge is 0.301 e. The second-order valence-corrected chi connectivity index (χ2v) is 8.73. The Morgan fingerprint density at radius 2 is 2.00 bits per heavy atom. The second-order valence-electron chi connectivity index (χ2n) is 5.72. The summed E-state index contributed by atoms with van der Waals surface area (Å²) in [5.74, 6) is -0.417. The maximum atomic E-state index is 12.6. The van der Waals surface area contributed by atoms with Gasteiger partial charge in [0, 0.05) is 22.5 Å². The van der Waals surface area contributed by atoms with E-state index in [1.54, 1.807) is 20.0 Å². The van der Waals surface area contributed by atoms with Gasteiger partial charge in [-0.05, 0) is 32.4 Å². The number of hydrogen-bond donors (Lipinski definition) is 1. The van der Waals surface area contributed by atoms with Crippen molar-refractivity contribution < 1.29 is 13.2 Å². The molecule has 2 aromatic rings. The number of sulfonamides is 1. The van der Waals surface area contributed by atoms with Crippen LogP contribution in [-0.2, 0) is 14.8 Å². The fourth-order valence-electron chi connectivity index (χ4n) is 2.09. The molecule has 8 heteroatoms. The van der Waals surface area contributed by atoms with Crippen molar-refractivity contribution in [2.45, 2.75) is 26.8 Å². The van der Waals surface area contributed by atoms with E-state index in [0.29, 0.717) is 5.13 Å². The number of rotatable bonds is 7. The van der Waals surface area contributed by atoms with Crippen LogP contribution in [0, 0.1) is 6.92 Å². The molecule has 0 radical (unpaired) electrons. The van der Waals surface area contributed by atoms with Crippen LogP contribution in [-0.4, -0.2) is 36.2 Å². The average molecular weight is 380 g/mol. The van der Waals surface area contributed by atoms with Crippen LogP contribution in [0.2, 0.25) is 0 Å². The van der Waals surface area contributed by atoms with E-state index in [1.807, 2.05) is 37.3 Å². The first-order chi connectivity index (χ1) is 11.8. The van der Waals surface area contributed by atoms with Crippen molar-refractivity contribution in [2.75, 3.05) is 11.9 Å². The fourth-order valence-corrected chi connectivity index (χ4v) is 4.14. The number of carbonyl (C=O) groups is 1. The molecule has 134 valence electrons. The highest BCUT2D eigenvalue weighted by Gasteiger charge is 2.25. The third-order valence-electron chi connectivity index (χ3n) is 3.30. The zero-order valence-corrected chi connectivity index (χ0v) is 16.0. The average Bonchev–Trinajstić information content (AvgIpc) is 2.96. The van der Waals surface area contributed by atoms with Crippen LogP contribution in [0.3, 0.4) is 0 Å². The highest BCUT2D eigenvalue weighted by atomic mass is 32.2. The number of aryl methyl sites for hydroxylation is 1. The van der Waals surface area contributed by atoms with Gasteiger partial charge in [0.05, 0.1) is 6.54 Å². The highest BCUT2D eigenvalue weighted by molar-refractivity contribution is 7.92. The third-order valence-corrected chi connectivity index (χ3v) is 5.81. The molecule has 1 heterocycles. The number of hydrogen-bond acceptors (Lipinski definition) is 5. The molecule has 0 unspecified atom stereocenters. The van der Waals surface area contributed by atoms with Gasteiger partial charge in [-0.3, -0.25) is 4.79 Å². The van der Waals surface area contributed by atoms with E-state index in [2.05, 4.69) is 10.3 Å². The molecule has 0 aliphatic heterocycles. The summed E-state index contributed by atoms with van der Waals surface area (Å²) in [7, 11) is -3.73. The van der Waals surface area contributed by atoms with Crippen LogP contribution in [0.1, 0.15) is 24.3 Å². The molecule has 2 rings (SSSR count). The molecule has 0 spiro atoms. The smallest absolute Gasteiger partial charge is 0.241 e. The zero-order valence-electron chi connectivity index (χ0n) is 14.3. The number of carbonyl (C=O) groups excluding carboxylic acids is 1. The van der Waals surface area contributed by atoms with Gasteiger partial charge in [-0.2, -0.15) is 4.31 Å². The van der Waals surface area contributed by atoms with Crippen LogP contribution in [0.5, 0.6) is 0 Å². The summed E-state index contributed by atoms with van der Waals surface area (Å²) in [5, 5.41) is 4.22. The molecule has 1 N–H and O–H groups in total. The summed E-state index contributed by atoms with van der Waals surface area (Å²) in [4.78, 5) is 17.2. The first kappa shape index (κ1) is 19.3. The number of aromatic nitrogens is 1. The minimum absolute atomic E-state index is 0.266. The van der Waals surface area contributed by atoms with Crippen LogP contribution in [0.4, 0.5) is 5.13 Å². The standard InChI is InChI=1S/C17H21N3O3S2/c1-13(2)20(12-16(21)19-17-18-11-14(3)24-17)25(22,23)10-9-15-7-5-4-6-8-15/h4-11,13H,12H2,1-3H3,(H,18,19,21)/b10-9+. The third kappa shape index (κ3) is 5.77. The number of nitrogens with zero attached hydrogens (tertiary/aromatic N) is 2. The van der Waals surface area contributed by atoms with Gasteiger partial charge in [0.1, 0.15) is 0 Å². The molecule has 0 saturated heterocycles. The monoisotopic (exact) mass is 379 g/mol. The Bertz CT molecular complexity index is 843. The predicted molar refractivity (Wildman–Crippen MR) is 102 cm³/mol. The van der Waals surface area contributed by atoms with Crippen molar-refractivity contribution in [3.05, 3.63) is 52.4 Å². The Morgan fingerprint density at radius 3 is 2.56 bits per heavy atom. The van der Waals surface area contributed by atoms with E-state index in [-0.39, 0.29) is 12.6 Å². The van der Waals surface area contributed by atoms with E-state index in [0.717, 1.165) is 20.2 Å².